The minimum absolute atomic E-state index is 0.771. The van der Waals surface area contributed by atoms with Crippen LogP contribution in [-0.4, -0.2) is 18.9 Å². The molecule has 0 spiro atoms. The fraction of sp³-hybridized carbons (Fsp3) is 0.167. The zero-order valence-corrected chi connectivity index (χ0v) is 9.04. The van der Waals surface area contributed by atoms with Crippen LogP contribution in [0, 0.1) is 6.92 Å². The minimum atomic E-state index is 0.771. The third-order valence-electron chi connectivity index (χ3n) is 2.67. The average molecular weight is 212 g/mol. The Hall–Kier alpha value is -2.10. The molecule has 16 heavy (non-hydrogen) atoms. The Morgan fingerprint density at radius 1 is 1.25 bits per heavy atom. The van der Waals surface area contributed by atoms with Gasteiger partial charge >= 0.3 is 0 Å². The van der Waals surface area contributed by atoms with E-state index in [1.54, 1.807) is 0 Å². The van der Waals surface area contributed by atoms with E-state index < -0.39 is 0 Å². The number of aromatic nitrogens is 4. The van der Waals surface area contributed by atoms with Gasteiger partial charge in [0.05, 0.1) is 12.2 Å². The summed E-state index contributed by atoms with van der Waals surface area (Å²) in [5.74, 6) is 1.01. The van der Waals surface area contributed by atoms with Gasteiger partial charge in [-0.3, -0.25) is 0 Å². The van der Waals surface area contributed by atoms with Crippen LogP contribution in [0.4, 0.5) is 0 Å². The maximum atomic E-state index is 4.54. The second kappa shape index (κ2) is 3.48. The molecule has 0 unspecified atom stereocenters. The summed E-state index contributed by atoms with van der Waals surface area (Å²) < 4.78 is 4.11. The standard InChI is InChI=1S/C12H12N4/c1-10-13-5-7-15(10)8-11-9-16-6-3-2-4-12(16)14-11/h2-7,9H,8H2,1H3. The number of fused-ring (bicyclic) bond motifs is 1. The Balaban J connectivity index is 1.98. The highest BCUT2D eigenvalue weighted by molar-refractivity contribution is 5.39. The zero-order chi connectivity index (χ0) is 11.0. The monoisotopic (exact) mass is 212 g/mol. The Labute approximate surface area is 93.2 Å². The van der Waals surface area contributed by atoms with Crippen molar-refractivity contribution in [2.24, 2.45) is 0 Å². The summed E-state index contributed by atoms with van der Waals surface area (Å²) in [5.41, 5.74) is 2.03. The Morgan fingerprint density at radius 2 is 2.19 bits per heavy atom. The summed E-state index contributed by atoms with van der Waals surface area (Å²) in [5, 5.41) is 0. The summed E-state index contributed by atoms with van der Waals surface area (Å²) in [6.45, 7) is 2.77. The molecular formula is C12H12N4. The molecule has 0 radical (unpaired) electrons. The lowest BCUT2D eigenvalue weighted by Crippen LogP contribution is -2.00. The SMILES string of the molecule is Cc1nccn1Cc1cn2ccccc2n1. The highest BCUT2D eigenvalue weighted by Crippen LogP contribution is 2.07. The first-order valence-electron chi connectivity index (χ1n) is 5.23. The van der Waals surface area contributed by atoms with Crippen molar-refractivity contribution in [2.75, 3.05) is 0 Å². The Kier molecular flexibility index (Phi) is 1.99. The van der Waals surface area contributed by atoms with Crippen molar-refractivity contribution >= 4 is 5.65 Å². The van der Waals surface area contributed by atoms with E-state index in [0.29, 0.717) is 0 Å². The quantitative estimate of drug-likeness (QED) is 0.650. The molecule has 4 heteroatoms. The van der Waals surface area contributed by atoms with Gasteiger partial charge in [-0.1, -0.05) is 6.07 Å². The number of rotatable bonds is 2. The second-order valence-corrected chi connectivity index (χ2v) is 3.80. The minimum Gasteiger partial charge on any atom is -0.329 e. The third-order valence-corrected chi connectivity index (χ3v) is 2.67. The largest absolute Gasteiger partial charge is 0.329 e. The molecule has 80 valence electrons. The van der Waals surface area contributed by atoms with Crippen molar-refractivity contribution in [2.45, 2.75) is 13.5 Å². The van der Waals surface area contributed by atoms with Crippen molar-refractivity contribution in [1.29, 1.82) is 0 Å². The van der Waals surface area contributed by atoms with Crippen LogP contribution in [0.25, 0.3) is 5.65 Å². The molecular weight excluding hydrogens is 200 g/mol. The predicted molar refractivity (Wildman–Crippen MR) is 61.3 cm³/mol. The highest BCUT2D eigenvalue weighted by atomic mass is 15.1. The van der Waals surface area contributed by atoms with Gasteiger partial charge in [-0.05, 0) is 19.1 Å². The molecule has 3 aromatic rings. The molecule has 3 aromatic heterocycles. The predicted octanol–water partition coefficient (Wildman–Crippen LogP) is 1.89. The first-order valence-corrected chi connectivity index (χ1v) is 5.23. The van der Waals surface area contributed by atoms with E-state index in [9.17, 15) is 0 Å². The van der Waals surface area contributed by atoms with Gasteiger partial charge in [0.2, 0.25) is 0 Å². The highest BCUT2D eigenvalue weighted by Gasteiger charge is 2.03. The second-order valence-electron chi connectivity index (χ2n) is 3.80. The Morgan fingerprint density at radius 3 is 2.94 bits per heavy atom. The number of hydrogen-bond donors (Lipinski definition) is 0. The molecule has 0 fully saturated rings. The van der Waals surface area contributed by atoms with E-state index in [2.05, 4.69) is 20.7 Å². The molecule has 3 rings (SSSR count). The molecule has 0 amide bonds. The van der Waals surface area contributed by atoms with Crippen molar-refractivity contribution in [3.8, 4) is 0 Å². The topological polar surface area (TPSA) is 35.1 Å². The summed E-state index contributed by atoms with van der Waals surface area (Å²) >= 11 is 0. The van der Waals surface area contributed by atoms with Crippen LogP contribution < -0.4 is 0 Å². The molecule has 0 aromatic carbocycles. The van der Waals surface area contributed by atoms with Crippen LogP contribution in [0.15, 0.2) is 43.0 Å². The van der Waals surface area contributed by atoms with E-state index in [1.807, 2.05) is 48.1 Å². The van der Waals surface area contributed by atoms with Gasteiger partial charge in [0.25, 0.3) is 0 Å². The van der Waals surface area contributed by atoms with Gasteiger partial charge in [0.15, 0.2) is 0 Å². The van der Waals surface area contributed by atoms with Crippen molar-refractivity contribution in [3.05, 3.63) is 54.5 Å². The summed E-state index contributed by atoms with van der Waals surface area (Å²) in [7, 11) is 0. The molecule has 0 aliphatic heterocycles. The molecule has 0 aliphatic rings. The molecule has 3 heterocycles. The first-order chi connectivity index (χ1) is 7.83. The van der Waals surface area contributed by atoms with E-state index in [0.717, 1.165) is 23.7 Å². The molecule has 0 bridgehead atoms. The average Bonchev–Trinajstić information content (AvgIpc) is 2.85. The summed E-state index contributed by atoms with van der Waals surface area (Å²) in [6, 6.07) is 6.00. The van der Waals surface area contributed by atoms with Crippen LogP contribution in [0.1, 0.15) is 11.5 Å². The smallest absolute Gasteiger partial charge is 0.137 e. The van der Waals surface area contributed by atoms with Gasteiger partial charge in [-0.15, -0.1) is 0 Å². The lowest BCUT2D eigenvalue weighted by Gasteiger charge is -2.00. The van der Waals surface area contributed by atoms with Gasteiger partial charge in [-0.2, -0.15) is 0 Å². The number of nitrogens with zero attached hydrogens (tertiary/aromatic N) is 4. The number of imidazole rings is 2. The van der Waals surface area contributed by atoms with E-state index in [-0.39, 0.29) is 0 Å². The van der Waals surface area contributed by atoms with Crippen LogP contribution in [0.3, 0.4) is 0 Å². The lowest BCUT2D eigenvalue weighted by molar-refractivity contribution is 0.747. The van der Waals surface area contributed by atoms with Crippen LogP contribution >= 0.6 is 0 Å². The lowest BCUT2D eigenvalue weighted by atomic mass is 10.4. The molecule has 0 saturated heterocycles. The van der Waals surface area contributed by atoms with Crippen LogP contribution in [0.5, 0.6) is 0 Å². The fourth-order valence-corrected chi connectivity index (χ4v) is 1.81. The molecule has 0 aliphatic carbocycles. The first kappa shape index (κ1) is 9.15. The van der Waals surface area contributed by atoms with E-state index in [4.69, 9.17) is 0 Å². The zero-order valence-electron chi connectivity index (χ0n) is 9.04. The number of pyridine rings is 1. The maximum absolute atomic E-state index is 4.54. The fourth-order valence-electron chi connectivity index (χ4n) is 1.81. The molecule has 0 atom stereocenters. The van der Waals surface area contributed by atoms with E-state index >= 15 is 0 Å². The number of aryl methyl sites for hydroxylation is 1. The third kappa shape index (κ3) is 1.48. The van der Waals surface area contributed by atoms with Crippen LogP contribution in [0.2, 0.25) is 0 Å². The van der Waals surface area contributed by atoms with Gasteiger partial charge in [-0.25, -0.2) is 9.97 Å². The van der Waals surface area contributed by atoms with Gasteiger partial charge in [0.1, 0.15) is 11.5 Å². The Bertz CT molecular complexity index is 588. The van der Waals surface area contributed by atoms with Crippen molar-refractivity contribution in [1.82, 2.24) is 18.9 Å². The number of hydrogen-bond acceptors (Lipinski definition) is 2. The van der Waals surface area contributed by atoms with E-state index in [1.165, 1.54) is 0 Å². The normalized spacial score (nSPS) is 11.1. The van der Waals surface area contributed by atoms with Crippen molar-refractivity contribution < 1.29 is 0 Å². The maximum Gasteiger partial charge on any atom is 0.137 e. The van der Waals surface area contributed by atoms with Gasteiger partial charge in [0, 0.05) is 24.8 Å². The molecule has 0 saturated carbocycles. The summed E-state index contributed by atoms with van der Waals surface area (Å²) in [6.07, 6.45) is 7.84. The molecule has 0 N–H and O–H groups in total. The van der Waals surface area contributed by atoms with Gasteiger partial charge < -0.3 is 8.97 Å². The van der Waals surface area contributed by atoms with Crippen molar-refractivity contribution in [3.63, 3.8) is 0 Å². The summed E-state index contributed by atoms with van der Waals surface area (Å²) in [4.78, 5) is 8.74. The molecule has 4 nitrogen and oxygen atoms in total. The van der Waals surface area contributed by atoms with Crippen LogP contribution in [-0.2, 0) is 6.54 Å².